The molecule has 3 rings (SSSR count). The fourth-order valence-electron chi connectivity index (χ4n) is 3.40. The molecule has 1 aliphatic carbocycles. The van der Waals surface area contributed by atoms with Gasteiger partial charge in [-0.05, 0) is 67.9 Å². The van der Waals surface area contributed by atoms with Gasteiger partial charge in [0.1, 0.15) is 5.75 Å². The zero-order valence-corrected chi connectivity index (χ0v) is 15.2. The third-order valence-electron chi connectivity index (χ3n) is 4.77. The molecule has 0 aliphatic heterocycles. The van der Waals surface area contributed by atoms with Crippen molar-refractivity contribution in [1.29, 1.82) is 0 Å². The summed E-state index contributed by atoms with van der Waals surface area (Å²) < 4.78 is 5.40. The lowest BCUT2D eigenvalue weighted by Gasteiger charge is -2.35. The molecule has 4 heteroatoms. The number of hydrogen-bond donors (Lipinski definition) is 0. The maximum Gasteiger partial charge on any atom is 0.119 e. The number of hydrogen-bond acceptors (Lipinski definition) is 2. The summed E-state index contributed by atoms with van der Waals surface area (Å²) in [5.41, 5.74) is 3.94. The number of fused-ring (bicyclic) bond motifs is 1. The van der Waals surface area contributed by atoms with Crippen molar-refractivity contribution in [3.63, 3.8) is 0 Å². The van der Waals surface area contributed by atoms with Gasteiger partial charge in [-0.25, -0.2) is 0 Å². The molecule has 0 fully saturated rings. The molecule has 0 N–H and O–H groups in total. The van der Waals surface area contributed by atoms with Crippen LogP contribution in [0.3, 0.4) is 0 Å². The highest BCUT2D eigenvalue weighted by Gasteiger charge is 2.29. The van der Waals surface area contributed by atoms with Gasteiger partial charge >= 0.3 is 0 Å². The van der Waals surface area contributed by atoms with E-state index in [0.717, 1.165) is 18.6 Å². The molecule has 2 aromatic rings. The lowest BCUT2D eigenvalue weighted by atomic mass is 9.76. The molecule has 0 unspecified atom stereocenters. The molecule has 122 valence electrons. The first-order chi connectivity index (χ1) is 11.0. The minimum atomic E-state index is 0.326. The SMILES string of the molecule is COc1ccc2c(c1)C[C@@H](N(C)C)C[C@@H]2c1ccc(Cl)c(Cl)c1. The summed E-state index contributed by atoms with van der Waals surface area (Å²) in [5, 5.41) is 1.22. The molecule has 0 saturated heterocycles. The van der Waals surface area contributed by atoms with Crippen molar-refractivity contribution in [3.8, 4) is 5.75 Å². The zero-order valence-electron chi connectivity index (χ0n) is 13.6. The molecule has 2 aromatic carbocycles. The molecule has 0 spiro atoms. The van der Waals surface area contributed by atoms with E-state index in [9.17, 15) is 0 Å². The monoisotopic (exact) mass is 349 g/mol. The lowest BCUT2D eigenvalue weighted by Crippen LogP contribution is -2.35. The Morgan fingerprint density at radius 3 is 2.48 bits per heavy atom. The summed E-state index contributed by atoms with van der Waals surface area (Å²) in [6.07, 6.45) is 2.11. The van der Waals surface area contributed by atoms with E-state index >= 15 is 0 Å². The Hall–Kier alpha value is -1.22. The van der Waals surface area contributed by atoms with Gasteiger partial charge in [0.25, 0.3) is 0 Å². The Kier molecular flexibility index (Phi) is 4.86. The molecule has 2 atom stereocenters. The molecule has 2 nitrogen and oxygen atoms in total. The van der Waals surface area contributed by atoms with E-state index in [1.807, 2.05) is 18.2 Å². The predicted molar refractivity (Wildman–Crippen MR) is 97.1 cm³/mol. The van der Waals surface area contributed by atoms with E-state index in [4.69, 9.17) is 27.9 Å². The lowest BCUT2D eigenvalue weighted by molar-refractivity contribution is 0.258. The number of methoxy groups -OCH3 is 1. The van der Waals surface area contributed by atoms with Crippen LogP contribution in [0, 0.1) is 0 Å². The van der Waals surface area contributed by atoms with E-state index in [2.05, 4.69) is 37.2 Å². The third kappa shape index (κ3) is 3.35. The summed E-state index contributed by atoms with van der Waals surface area (Å²) in [5.74, 6) is 1.24. The minimum absolute atomic E-state index is 0.326. The Labute approximate surface area is 148 Å². The number of rotatable bonds is 3. The predicted octanol–water partition coefficient (Wildman–Crippen LogP) is 5.01. The first kappa shape index (κ1) is 16.6. The van der Waals surface area contributed by atoms with Crippen molar-refractivity contribution in [3.05, 3.63) is 63.1 Å². The fourth-order valence-corrected chi connectivity index (χ4v) is 3.71. The Bertz CT molecular complexity index is 715. The number of nitrogens with zero attached hydrogens (tertiary/aromatic N) is 1. The van der Waals surface area contributed by atoms with Gasteiger partial charge in [-0.15, -0.1) is 0 Å². The van der Waals surface area contributed by atoms with E-state index in [0.29, 0.717) is 22.0 Å². The van der Waals surface area contributed by atoms with Crippen molar-refractivity contribution in [2.45, 2.75) is 24.8 Å². The van der Waals surface area contributed by atoms with Crippen LogP contribution >= 0.6 is 23.2 Å². The smallest absolute Gasteiger partial charge is 0.119 e. The quantitative estimate of drug-likeness (QED) is 0.772. The standard InChI is InChI=1S/C19H21Cl2NO/c1-22(2)14-8-13-9-15(23-3)5-6-16(13)17(11-14)12-4-7-18(20)19(21)10-12/h4-7,9-10,14,17H,8,11H2,1-3H3/t14-,17-/m1/s1. The fraction of sp³-hybridized carbons (Fsp3) is 0.368. The topological polar surface area (TPSA) is 12.5 Å². The molecule has 0 saturated carbocycles. The largest absolute Gasteiger partial charge is 0.497 e. The molecule has 1 aliphatic rings. The van der Waals surface area contributed by atoms with Crippen molar-refractivity contribution in [2.75, 3.05) is 21.2 Å². The van der Waals surface area contributed by atoms with E-state index < -0.39 is 0 Å². The maximum absolute atomic E-state index is 6.24. The first-order valence-electron chi connectivity index (χ1n) is 7.77. The molecule has 0 bridgehead atoms. The Morgan fingerprint density at radius 2 is 1.83 bits per heavy atom. The molecule has 23 heavy (non-hydrogen) atoms. The third-order valence-corrected chi connectivity index (χ3v) is 5.50. The normalized spacial score (nSPS) is 20.4. The zero-order chi connectivity index (χ0) is 16.6. The minimum Gasteiger partial charge on any atom is -0.497 e. The van der Waals surface area contributed by atoms with Crippen molar-refractivity contribution in [2.24, 2.45) is 0 Å². The Balaban J connectivity index is 2.06. The van der Waals surface area contributed by atoms with Crippen LogP contribution in [-0.4, -0.2) is 32.1 Å². The van der Waals surface area contributed by atoms with Gasteiger partial charge in [0, 0.05) is 12.0 Å². The van der Waals surface area contributed by atoms with Crippen LogP contribution in [0.25, 0.3) is 0 Å². The van der Waals surface area contributed by atoms with Gasteiger partial charge in [0.2, 0.25) is 0 Å². The van der Waals surface area contributed by atoms with Crippen LogP contribution in [0.4, 0.5) is 0 Å². The van der Waals surface area contributed by atoms with E-state index in [1.165, 1.54) is 16.7 Å². The maximum atomic E-state index is 6.24. The molecule has 0 radical (unpaired) electrons. The summed E-state index contributed by atoms with van der Waals surface area (Å²) >= 11 is 12.3. The highest BCUT2D eigenvalue weighted by Crippen LogP contribution is 2.40. The summed E-state index contributed by atoms with van der Waals surface area (Å²) in [6, 6.07) is 12.9. The average molecular weight is 350 g/mol. The van der Waals surface area contributed by atoms with E-state index in [-0.39, 0.29) is 0 Å². The van der Waals surface area contributed by atoms with Gasteiger partial charge in [0.15, 0.2) is 0 Å². The van der Waals surface area contributed by atoms with Crippen LogP contribution < -0.4 is 4.74 Å². The number of benzene rings is 2. The summed E-state index contributed by atoms with van der Waals surface area (Å²) in [6.45, 7) is 0. The molecule has 0 aromatic heterocycles. The molecule has 0 amide bonds. The molecular weight excluding hydrogens is 329 g/mol. The second kappa shape index (κ2) is 6.72. The van der Waals surface area contributed by atoms with Crippen molar-refractivity contribution >= 4 is 23.2 Å². The molecule has 0 heterocycles. The number of likely N-dealkylation sites (N-methyl/N-ethyl adjacent to an activating group) is 1. The van der Waals surface area contributed by atoms with Crippen LogP contribution in [0.1, 0.15) is 29.0 Å². The summed E-state index contributed by atoms with van der Waals surface area (Å²) in [7, 11) is 5.99. The van der Waals surface area contributed by atoms with Gasteiger partial charge in [-0.3, -0.25) is 0 Å². The van der Waals surface area contributed by atoms with Crippen LogP contribution in [0.5, 0.6) is 5.75 Å². The van der Waals surface area contributed by atoms with Gasteiger partial charge in [0.05, 0.1) is 17.2 Å². The van der Waals surface area contributed by atoms with E-state index in [1.54, 1.807) is 7.11 Å². The van der Waals surface area contributed by atoms with Crippen molar-refractivity contribution in [1.82, 2.24) is 4.90 Å². The summed E-state index contributed by atoms with van der Waals surface area (Å²) in [4.78, 5) is 2.30. The second-order valence-electron chi connectivity index (χ2n) is 6.35. The molecular formula is C19H21Cl2NO. The highest BCUT2D eigenvalue weighted by atomic mass is 35.5. The van der Waals surface area contributed by atoms with Crippen LogP contribution in [0.2, 0.25) is 10.0 Å². The van der Waals surface area contributed by atoms with Gasteiger partial charge in [-0.1, -0.05) is 35.3 Å². The number of ether oxygens (including phenoxy) is 1. The van der Waals surface area contributed by atoms with Crippen LogP contribution in [0.15, 0.2) is 36.4 Å². The van der Waals surface area contributed by atoms with Gasteiger partial charge < -0.3 is 9.64 Å². The first-order valence-corrected chi connectivity index (χ1v) is 8.53. The van der Waals surface area contributed by atoms with Gasteiger partial charge in [-0.2, -0.15) is 0 Å². The second-order valence-corrected chi connectivity index (χ2v) is 7.16. The van der Waals surface area contributed by atoms with Crippen LogP contribution in [-0.2, 0) is 6.42 Å². The highest BCUT2D eigenvalue weighted by molar-refractivity contribution is 6.42. The Morgan fingerprint density at radius 1 is 1.04 bits per heavy atom. The average Bonchev–Trinajstić information content (AvgIpc) is 2.55. The number of halogens is 2. The van der Waals surface area contributed by atoms with Crippen molar-refractivity contribution < 1.29 is 4.74 Å².